The molecule has 0 bridgehead atoms. The molecular weight excluding hydrogens is 352 g/mol. The zero-order chi connectivity index (χ0) is 18.1. The lowest BCUT2D eigenvalue weighted by molar-refractivity contribution is 0.0635. The predicted octanol–water partition coefficient (Wildman–Crippen LogP) is 2.72. The minimum atomic E-state index is -0.264. The molecule has 2 saturated heterocycles. The molecule has 1 aromatic carbocycles. The fourth-order valence-electron chi connectivity index (χ4n) is 3.82. The number of aromatic nitrogens is 2. The standard InChI is InChI=1S/C18H20N4O3S/c1-12-16(13-5-3-2-4-6-13)25-18(24)22(12)14-7-9-21(10-8-14)17(23)15-11-26-20-19-15/h2-6,11-12,14,16H,7-10H2,1H3/t12-,16-/m1/s1. The maximum Gasteiger partial charge on any atom is 0.411 e. The summed E-state index contributed by atoms with van der Waals surface area (Å²) in [5.41, 5.74) is 1.41. The van der Waals surface area contributed by atoms with Crippen LogP contribution in [0.15, 0.2) is 35.7 Å². The third-order valence-corrected chi connectivity index (χ3v) is 5.67. The van der Waals surface area contributed by atoms with Gasteiger partial charge in [-0.25, -0.2) is 4.79 Å². The highest BCUT2D eigenvalue weighted by atomic mass is 32.1. The molecule has 0 aliphatic carbocycles. The van der Waals surface area contributed by atoms with Gasteiger partial charge in [0.1, 0.15) is 6.10 Å². The summed E-state index contributed by atoms with van der Waals surface area (Å²) in [5, 5.41) is 5.51. The summed E-state index contributed by atoms with van der Waals surface area (Å²) in [6, 6.07) is 9.89. The first-order valence-electron chi connectivity index (χ1n) is 8.75. The largest absolute Gasteiger partial charge is 0.439 e. The Morgan fingerprint density at radius 3 is 2.62 bits per heavy atom. The number of hydrogen-bond acceptors (Lipinski definition) is 6. The first-order chi connectivity index (χ1) is 12.6. The van der Waals surface area contributed by atoms with E-state index in [1.165, 1.54) is 11.5 Å². The third kappa shape index (κ3) is 3.05. The summed E-state index contributed by atoms with van der Waals surface area (Å²) in [5.74, 6) is -0.0867. The molecule has 1 aromatic heterocycles. The minimum absolute atomic E-state index is 0.0279. The summed E-state index contributed by atoms with van der Waals surface area (Å²) in [6.07, 6.45) is 0.971. The van der Waals surface area contributed by atoms with Crippen LogP contribution in [-0.4, -0.2) is 56.6 Å². The van der Waals surface area contributed by atoms with Gasteiger partial charge in [-0.1, -0.05) is 34.8 Å². The molecule has 2 aliphatic heterocycles. The lowest BCUT2D eigenvalue weighted by atomic mass is 9.98. The molecule has 2 amide bonds. The number of ether oxygens (including phenoxy) is 1. The van der Waals surface area contributed by atoms with Crippen LogP contribution in [0.1, 0.15) is 41.9 Å². The SMILES string of the molecule is C[C@@H]1[C@H](c2ccccc2)OC(=O)N1C1CCN(C(=O)c2csnn2)CC1. The van der Waals surface area contributed by atoms with Crippen LogP contribution in [-0.2, 0) is 4.74 Å². The topological polar surface area (TPSA) is 75.6 Å². The molecule has 0 saturated carbocycles. The number of benzene rings is 1. The fourth-order valence-corrected chi connectivity index (χ4v) is 4.25. The Morgan fingerprint density at radius 1 is 1.23 bits per heavy atom. The average molecular weight is 372 g/mol. The van der Waals surface area contributed by atoms with E-state index in [9.17, 15) is 9.59 Å². The first kappa shape index (κ1) is 17.0. The highest BCUT2D eigenvalue weighted by Gasteiger charge is 2.44. The Balaban J connectivity index is 1.41. The summed E-state index contributed by atoms with van der Waals surface area (Å²) >= 11 is 1.17. The van der Waals surface area contributed by atoms with E-state index >= 15 is 0 Å². The van der Waals surface area contributed by atoms with Crippen LogP contribution in [0.25, 0.3) is 0 Å². The number of piperidine rings is 1. The molecular formula is C18H20N4O3S. The molecule has 2 fully saturated rings. The van der Waals surface area contributed by atoms with E-state index in [4.69, 9.17) is 4.74 Å². The van der Waals surface area contributed by atoms with E-state index in [2.05, 4.69) is 9.59 Å². The van der Waals surface area contributed by atoms with Crippen molar-refractivity contribution in [2.24, 2.45) is 0 Å². The van der Waals surface area contributed by atoms with Gasteiger partial charge in [0.2, 0.25) is 0 Å². The average Bonchev–Trinajstić information content (AvgIpc) is 3.30. The lowest BCUT2D eigenvalue weighted by Gasteiger charge is -2.37. The van der Waals surface area contributed by atoms with Crippen molar-refractivity contribution >= 4 is 23.5 Å². The zero-order valence-electron chi connectivity index (χ0n) is 14.4. The van der Waals surface area contributed by atoms with Crippen molar-refractivity contribution in [3.05, 3.63) is 47.0 Å². The molecule has 0 spiro atoms. The Morgan fingerprint density at radius 2 is 1.96 bits per heavy atom. The predicted molar refractivity (Wildman–Crippen MR) is 95.8 cm³/mol. The molecule has 136 valence electrons. The van der Waals surface area contributed by atoms with Crippen LogP contribution < -0.4 is 0 Å². The van der Waals surface area contributed by atoms with Gasteiger partial charge in [-0.15, -0.1) is 5.10 Å². The van der Waals surface area contributed by atoms with Crippen molar-refractivity contribution in [3.63, 3.8) is 0 Å². The minimum Gasteiger partial charge on any atom is -0.439 e. The van der Waals surface area contributed by atoms with E-state index < -0.39 is 0 Å². The van der Waals surface area contributed by atoms with Gasteiger partial charge in [0.15, 0.2) is 5.69 Å². The molecule has 0 unspecified atom stereocenters. The van der Waals surface area contributed by atoms with Gasteiger partial charge >= 0.3 is 6.09 Å². The van der Waals surface area contributed by atoms with Gasteiger partial charge in [0, 0.05) is 24.5 Å². The van der Waals surface area contributed by atoms with Gasteiger partial charge in [-0.2, -0.15) is 0 Å². The van der Waals surface area contributed by atoms with Crippen molar-refractivity contribution in [2.45, 2.75) is 38.0 Å². The highest BCUT2D eigenvalue weighted by molar-refractivity contribution is 7.03. The normalized spacial score (nSPS) is 24.0. The van der Waals surface area contributed by atoms with Crippen molar-refractivity contribution < 1.29 is 14.3 Å². The second-order valence-corrected chi connectivity index (χ2v) is 7.29. The number of hydrogen-bond donors (Lipinski definition) is 0. The summed E-state index contributed by atoms with van der Waals surface area (Å²) < 4.78 is 9.40. The van der Waals surface area contributed by atoms with E-state index in [-0.39, 0.29) is 30.2 Å². The summed E-state index contributed by atoms with van der Waals surface area (Å²) in [4.78, 5) is 28.5. The molecule has 0 N–H and O–H groups in total. The first-order valence-corrected chi connectivity index (χ1v) is 9.59. The van der Waals surface area contributed by atoms with Crippen LogP contribution in [0.5, 0.6) is 0 Å². The maximum absolute atomic E-state index is 12.5. The number of cyclic esters (lactones) is 1. The van der Waals surface area contributed by atoms with Crippen LogP contribution in [0.2, 0.25) is 0 Å². The van der Waals surface area contributed by atoms with Gasteiger partial charge in [-0.05, 0) is 36.9 Å². The second-order valence-electron chi connectivity index (χ2n) is 6.68. The second kappa shape index (κ2) is 7.03. The molecule has 2 atom stereocenters. The monoisotopic (exact) mass is 372 g/mol. The van der Waals surface area contributed by atoms with Crippen molar-refractivity contribution in [2.75, 3.05) is 13.1 Å². The molecule has 0 radical (unpaired) electrons. The number of likely N-dealkylation sites (tertiary alicyclic amines) is 1. The van der Waals surface area contributed by atoms with Gasteiger partial charge < -0.3 is 9.64 Å². The molecule has 3 heterocycles. The number of amides is 2. The fraction of sp³-hybridized carbons (Fsp3) is 0.444. The third-order valence-electron chi connectivity index (χ3n) is 5.17. The van der Waals surface area contributed by atoms with Crippen LogP contribution in [0.3, 0.4) is 0 Å². The Bertz CT molecular complexity index is 775. The van der Waals surface area contributed by atoms with E-state index in [1.54, 1.807) is 10.3 Å². The van der Waals surface area contributed by atoms with Crippen LogP contribution in [0, 0.1) is 0 Å². The summed E-state index contributed by atoms with van der Waals surface area (Å²) in [6.45, 7) is 3.24. The van der Waals surface area contributed by atoms with E-state index in [1.807, 2.05) is 42.2 Å². The van der Waals surface area contributed by atoms with Gasteiger partial charge in [0.05, 0.1) is 6.04 Å². The number of nitrogens with zero attached hydrogens (tertiary/aromatic N) is 4. The van der Waals surface area contributed by atoms with Gasteiger partial charge in [0.25, 0.3) is 5.91 Å². The molecule has 2 aliphatic rings. The van der Waals surface area contributed by atoms with Crippen molar-refractivity contribution in [1.29, 1.82) is 0 Å². The number of carbonyl (C=O) groups excluding carboxylic acids is 2. The lowest BCUT2D eigenvalue weighted by Crippen LogP contribution is -2.49. The maximum atomic E-state index is 12.5. The molecule has 4 rings (SSSR count). The smallest absolute Gasteiger partial charge is 0.411 e. The number of carbonyl (C=O) groups is 2. The Labute approximate surface area is 155 Å². The van der Waals surface area contributed by atoms with E-state index in [0.717, 1.165) is 18.4 Å². The van der Waals surface area contributed by atoms with Crippen molar-refractivity contribution in [1.82, 2.24) is 19.4 Å². The number of rotatable bonds is 3. The molecule has 26 heavy (non-hydrogen) atoms. The van der Waals surface area contributed by atoms with E-state index in [0.29, 0.717) is 18.8 Å². The molecule has 7 nitrogen and oxygen atoms in total. The van der Waals surface area contributed by atoms with Crippen LogP contribution >= 0.6 is 11.5 Å². The Hall–Kier alpha value is -2.48. The quantitative estimate of drug-likeness (QED) is 0.828. The van der Waals surface area contributed by atoms with Gasteiger partial charge in [-0.3, -0.25) is 9.69 Å². The highest BCUT2D eigenvalue weighted by Crippen LogP contribution is 2.35. The van der Waals surface area contributed by atoms with Crippen molar-refractivity contribution in [3.8, 4) is 0 Å². The zero-order valence-corrected chi connectivity index (χ0v) is 15.3. The molecule has 2 aromatic rings. The molecule has 8 heteroatoms. The van der Waals surface area contributed by atoms with Crippen LogP contribution in [0.4, 0.5) is 4.79 Å². The Kier molecular flexibility index (Phi) is 4.58. The summed E-state index contributed by atoms with van der Waals surface area (Å²) in [7, 11) is 0.